The highest BCUT2D eigenvalue weighted by Gasteiger charge is 2.38. The van der Waals surface area contributed by atoms with Gasteiger partial charge in [0.1, 0.15) is 6.10 Å². The van der Waals surface area contributed by atoms with E-state index >= 15 is 0 Å². The maximum atomic E-state index is 11.0. The summed E-state index contributed by atoms with van der Waals surface area (Å²) in [6.07, 6.45) is -0.835. The molecular weight excluding hydrogens is 270 g/mol. The zero-order chi connectivity index (χ0) is 15.4. The van der Waals surface area contributed by atoms with Crippen molar-refractivity contribution in [3.8, 4) is 0 Å². The molecule has 0 fully saturated rings. The Kier molecular flexibility index (Phi) is 4.05. The van der Waals surface area contributed by atoms with E-state index < -0.39 is 11.6 Å². The fourth-order valence-corrected chi connectivity index (χ4v) is 2.81. The maximum Gasteiger partial charge on any atom is 0.105 e. The molecule has 0 saturated heterocycles. The third-order valence-corrected chi connectivity index (χ3v) is 4.05. The lowest BCUT2D eigenvalue weighted by atomic mass is 9.77. The number of rotatable bonds is 4. The topological polar surface area (TPSA) is 46.2 Å². The van der Waals surface area contributed by atoms with Gasteiger partial charge in [0.25, 0.3) is 0 Å². The molecule has 0 spiro atoms. The summed E-state index contributed by atoms with van der Waals surface area (Å²) < 4.78 is 0. The summed E-state index contributed by atoms with van der Waals surface area (Å²) in [6, 6.07) is 29.0. The molecule has 0 aliphatic carbocycles. The summed E-state index contributed by atoms with van der Waals surface area (Å²) in [5.41, 5.74) is 8.35. The number of hydrogen-bond donors (Lipinski definition) is 2. The quantitative estimate of drug-likeness (QED) is 0.770. The van der Waals surface area contributed by atoms with E-state index in [4.69, 9.17) is 5.73 Å². The Labute approximate surface area is 130 Å². The molecule has 0 heterocycles. The van der Waals surface area contributed by atoms with Gasteiger partial charge in [-0.15, -0.1) is 0 Å². The molecule has 0 bridgehead atoms. The lowest BCUT2D eigenvalue weighted by Crippen LogP contribution is -2.44. The van der Waals surface area contributed by atoms with Crippen molar-refractivity contribution in [2.75, 3.05) is 0 Å². The van der Waals surface area contributed by atoms with Gasteiger partial charge >= 0.3 is 0 Å². The minimum Gasteiger partial charge on any atom is -0.386 e. The van der Waals surface area contributed by atoms with Crippen LogP contribution < -0.4 is 5.73 Å². The van der Waals surface area contributed by atoms with Crippen LogP contribution in [0.2, 0.25) is 0 Å². The van der Waals surface area contributed by atoms with Crippen LogP contribution in [0.4, 0.5) is 0 Å². The van der Waals surface area contributed by atoms with Crippen molar-refractivity contribution < 1.29 is 5.11 Å². The Morgan fingerprint density at radius 2 is 1.00 bits per heavy atom. The van der Waals surface area contributed by atoms with E-state index in [1.165, 1.54) is 0 Å². The van der Waals surface area contributed by atoms with Gasteiger partial charge in [-0.05, 0) is 16.7 Å². The van der Waals surface area contributed by atoms with E-state index in [9.17, 15) is 5.11 Å². The Morgan fingerprint density at radius 1 is 0.636 bits per heavy atom. The average molecular weight is 289 g/mol. The molecule has 0 aliphatic heterocycles. The molecule has 2 heteroatoms. The molecule has 0 aromatic heterocycles. The van der Waals surface area contributed by atoms with Crippen LogP contribution in [0.5, 0.6) is 0 Å². The van der Waals surface area contributed by atoms with Gasteiger partial charge in [0.05, 0.1) is 5.54 Å². The first kappa shape index (κ1) is 14.5. The third kappa shape index (κ3) is 2.54. The standard InChI is InChI=1S/C20H19NO/c21-20(17-12-6-2-7-13-17,18-14-8-3-9-15-18)19(22)16-10-4-1-5-11-16/h1-15,19,22H,21H2. The van der Waals surface area contributed by atoms with Gasteiger partial charge in [0, 0.05) is 0 Å². The number of benzene rings is 3. The number of nitrogens with two attached hydrogens (primary N) is 1. The maximum absolute atomic E-state index is 11.0. The van der Waals surface area contributed by atoms with Crippen LogP contribution in [0.3, 0.4) is 0 Å². The lowest BCUT2D eigenvalue weighted by molar-refractivity contribution is 0.105. The van der Waals surface area contributed by atoms with E-state index in [0.717, 1.165) is 16.7 Å². The van der Waals surface area contributed by atoms with Gasteiger partial charge in [-0.25, -0.2) is 0 Å². The van der Waals surface area contributed by atoms with Crippen molar-refractivity contribution >= 4 is 0 Å². The monoisotopic (exact) mass is 289 g/mol. The van der Waals surface area contributed by atoms with E-state index in [0.29, 0.717) is 0 Å². The van der Waals surface area contributed by atoms with Crippen LogP contribution >= 0.6 is 0 Å². The van der Waals surface area contributed by atoms with E-state index in [1.807, 2.05) is 91.0 Å². The number of aliphatic hydroxyl groups excluding tert-OH is 1. The van der Waals surface area contributed by atoms with E-state index in [1.54, 1.807) is 0 Å². The predicted octanol–water partition coefficient (Wildman–Crippen LogP) is 3.62. The third-order valence-electron chi connectivity index (χ3n) is 4.05. The molecule has 3 aromatic rings. The normalized spacial score (nSPS) is 12.8. The molecule has 110 valence electrons. The second kappa shape index (κ2) is 6.14. The Bertz CT molecular complexity index is 671. The molecule has 3 aromatic carbocycles. The van der Waals surface area contributed by atoms with Crippen molar-refractivity contribution in [2.45, 2.75) is 11.6 Å². The minimum atomic E-state index is -0.996. The fraction of sp³-hybridized carbons (Fsp3) is 0.100. The van der Waals surface area contributed by atoms with Crippen LogP contribution in [0.15, 0.2) is 91.0 Å². The van der Waals surface area contributed by atoms with Crippen molar-refractivity contribution in [1.82, 2.24) is 0 Å². The van der Waals surface area contributed by atoms with Gasteiger partial charge in [-0.1, -0.05) is 91.0 Å². The molecule has 0 aliphatic rings. The molecule has 0 saturated carbocycles. The Hall–Kier alpha value is -2.42. The van der Waals surface area contributed by atoms with Crippen LogP contribution in [-0.4, -0.2) is 5.11 Å². The summed E-state index contributed by atoms with van der Waals surface area (Å²) in [5.74, 6) is 0. The molecule has 3 N–H and O–H groups in total. The van der Waals surface area contributed by atoms with Gasteiger partial charge in [0.15, 0.2) is 0 Å². The smallest absolute Gasteiger partial charge is 0.105 e. The first-order chi connectivity index (χ1) is 10.7. The van der Waals surface area contributed by atoms with Crippen molar-refractivity contribution in [2.24, 2.45) is 5.73 Å². The van der Waals surface area contributed by atoms with Crippen LogP contribution in [0, 0.1) is 0 Å². The summed E-state index contributed by atoms with van der Waals surface area (Å²) >= 11 is 0. The second-order valence-corrected chi connectivity index (χ2v) is 5.41. The van der Waals surface area contributed by atoms with Crippen molar-refractivity contribution in [3.63, 3.8) is 0 Å². The first-order valence-electron chi connectivity index (χ1n) is 7.36. The van der Waals surface area contributed by atoms with E-state index in [-0.39, 0.29) is 0 Å². The highest BCUT2D eigenvalue weighted by molar-refractivity contribution is 5.42. The second-order valence-electron chi connectivity index (χ2n) is 5.41. The average Bonchev–Trinajstić information content (AvgIpc) is 2.62. The summed E-state index contributed by atoms with van der Waals surface area (Å²) in [7, 11) is 0. The molecule has 0 radical (unpaired) electrons. The zero-order valence-electron chi connectivity index (χ0n) is 12.3. The first-order valence-corrected chi connectivity index (χ1v) is 7.36. The molecule has 1 unspecified atom stereocenters. The summed E-state index contributed by atoms with van der Waals surface area (Å²) in [4.78, 5) is 0. The van der Waals surface area contributed by atoms with Crippen molar-refractivity contribution in [1.29, 1.82) is 0 Å². The minimum absolute atomic E-state index is 0.803. The zero-order valence-corrected chi connectivity index (χ0v) is 12.3. The number of aliphatic hydroxyl groups is 1. The molecule has 3 rings (SSSR count). The molecule has 0 amide bonds. The van der Waals surface area contributed by atoms with Gasteiger partial charge in [-0.3, -0.25) is 0 Å². The van der Waals surface area contributed by atoms with Gasteiger partial charge in [-0.2, -0.15) is 0 Å². The van der Waals surface area contributed by atoms with Crippen LogP contribution in [-0.2, 0) is 5.54 Å². The Morgan fingerprint density at radius 3 is 1.41 bits per heavy atom. The molecule has 22 heavy (non-hydrogen) atoms. The van der Waals surface area contributed by atoms with Gasteiger partial charge < -0.3 is 10.8 Å². The van der Waals surface area contributed by atoms with Crippen LogP contribution in [0.1, 0.15) is 22.8 Å². The molecule has 1 atom stereocenters. The lowest BCUT2D eigenvalue weighted by Gasteiger charge is -2.36. The number of hydrogen-bond acceptors (Lipinski definition) is 2. The summed E-state index contributed by atoms with van der Waals surface area (Å²) in [5, 5.41) is 11.0. The van der Waals surface area contributed by atoms with E-state index in [2.05, 4.69) is 0 Å². The summed E-state index contributed by atoms with van der Waals surface area (Å²) in [6.45, 7) is 0. The highest BCUT2D eigenvalue weighted by atomic mass is 16.3. The largest absolute Gasteiger partial charge is 0.386 e. The van der Waals surface area contributed by atoms with Crippen LogP contribution in [0.25, 0.3) is 0 Å². The predicted molar refractivity (Wildman–Crippen MR) is 89.3 cm³/mol. The molecule has 2 nitrogen and oxygen atoms in total. The van der Waals surface area contributed by atoms with Crippen molar-refractivity contribution in [3.05, 3.63) is 108 Å². The SMILES string of the molecule is NC(c1ccccc1)(c1ccccc1)C(O)c1ccccc1. The molecular formula is C20H19NO. The van der Waals surface area contributed by atoms with Gasteiger partial charge in [0.2, 0.25) is 0 Å². The fourth-order valence-electron chi connectivity index (χ4n) is 2.81. The highest BCUT2D eigenvalue weighted by Crippen LogP contribution is 2.38. The Balaban J connectivity index is 2.16.